The lowest BCUT2D eigenvalue weighted by Crippen LogP contribution is -2.19. The van der Waals surface area contributed by atoms with Crippen molar-refractivity contribution >= 4 is 28.6 Å². The molecular formula is C22H31IO2. The summed E-state index contributed by atoms with van der Waals surface area (Å²) in [6.45, 7) is 2.15. The Bertz CT molecular complexity index is 500. The van der Waals surface area contributed by atoms with Gasteiger partial charge in [-0.05, 0) is 44.9 Å². The maximum Gasteiger partial charge on any atom is 0.306 e. The highest BCUT2D eigenvalue weighted by Crippen LogP contribution is 2.24. The van der Waals surface area contributed by atoms with Gasteiger partial charge in [-0.15, -0.1) is 0 Å². The molecule has 0 saturated carbocycles. The molecule has 1 fully saturated rings. The number of halogens is 1. The van der Waals surface area contributed by atoms with Crippen LogP contribution in [0.2, 0.25) is 0 Å². The van der Waals surface area contributed by atoms with Crippen LogP contribution in [0.3, 0.4) is 0 Å². The minimum Gasteiger partial charge on any atom is -0.461 e. The molecule has 0 N–H and O–H groups in total. The number of carbonyl (C=O) groups is 1. The molecule has 1 saturated heterocycles. The lowest BCUT2D eigenvalue weighted by molar-refractivity contribution is -0.141. The van der Waals surface area contributed by atoms with Crippen molar-refractivity contribution in [1.82, 2.24) is 0 Å². The topological polar surface area (TPSA) is 26.3 Å². The van der Waals surface area contributed by atoms with Crippen molar-refractivity contribution in [2.45, 2.75) is 68.3 Å². The van der Waals surface area contributed by atoms with E-state index in [4.69, 9.17) is 4.74 Å². The molecule has 0 aromatic heterocycles. The van der Waals surface area contributed by atoms with Gasteiger partial charge in [0.05, 0.1) is 3.92 Å². The van der Waals surface area contributed by atoms with Crippen LogP contribution in [0.1, 0.15) is 58.3 Å². The number of hydrogen-bond donors (Lipinski definition) is 0. The molecule has 0 bridgehead atoms. The highest BCUT2D eigenvalue weighted by Gasteiger charge is 2.28. The summed E-state index contributed by atoms with van der Waals surface area (Å²) in [4.78, 5) is 11.1. The van der Waals surface area contributed by atoms with Crippen LogP contribution in [-0.2, 0) is 9.53 Å². The van der Waals surface area contributed by atoms with Crippen LogP contribution < -0.4 is 0 Å². The number of esters is 1. The summed E-state index contributed by atoms with van der Waals surface area (Å²) in [6.07, 6.45) is 29.7. The van der Waals surface area contributed by atoms with Crippen LogP contribution in [-0.4, -0.2) is 16.0 Å². The van der Waals surface area contributed by atoms with E-state index >= 15 is 0 Å². The predicted octanol–water partition coefficient (Wildman–Crippen LogP) is 6.64. The van der Waals surface area contributed by atoms with Crippen LogP contribution in [0.4, 0.5) is 0 Å². The fourth-order valence-corrected chi connectivity index (χ4v) is 3.23. The summed E-state index contributed by atoms with van der Waals surface area (Å²) >= 11 is 2.39. The number of ether oxygens (including phenoxy) is 1. The minimum atomic E-state index is -0.0459. The molecule has 0 aliphatic carbocycles. The summed E-state index contributed by atoms with van der Waals surface area (Å²) in [7, 11) is 0. The van der Waals surface area contributed by atoms with Gasteiger partial charge >= 0.3 is 5.97 Å². The van der Waals surface area contributed by atoms with Gasteiger partial charge in [0.15, 0.2) is 0 Å². The Labute approximate surface area is 166 Å². The normalized spacial score (nSPS) is 20.1. The van der Waals surface area contributed by atoms with E-state index in [-0.39, 0.29) is 12.1 Å². The van der Waals surface area contributed by atoms with E-state index in [9.17, 15) is 4.79 Å². The molecule has 2 atom stereocenters. The van der Waals surface area contributed by atoms with E-state index in [1.54, 1.807) is 0 Å². The van der Waals surface area contributed by atoms with Gasteiger partial charge < -0.3 is 4.74 Å². The third kappa shape index (κ3) is 12.0. The standard InChI is InChI=1S/C22H31IO2/c1-2-3-4-5-6-7-8-9-10-11-12-13-14-15-16-17-20(23)21-18-19-22(24)25-21/h3-4,6-7,9-10,12-13,15-16,20-21H,2,5,8,11,14,17-19H2,1H3/t20?,21-/m0/s1. The number of alkyl halides is 1. The highest BCUT2D eigenvalue weighted by molar-refractivity contribution is 14.1. The van der Waals surface area contributed by atoms with Crippen molar-refractivity contribution < 1.29 is 9.53 Å². The third-order valence-electron chi connectivity index (χ3n) is 3.84. The van der Waals surface area contributed by atoms with E-state index < -0.39 is 0 Å². The smallest absolute Gasteiger partial charge is 0.306 e. The number of rotatable bonds is 12. The number of hydrogen-bond acceptors (Lipinski definition) is 2. The van der Waals surface area contributed by atoms with Gasteiger partial charge in [-0.2, -0.15) is 0 Å². The second kappa shape index (κ2) is 15.2. The zero-order chi connectivity index (χ0) is 18.2. The first-order valence-corrected chi connectivity index (χ1v) is 10.6. The van der Waals surface area contributed by atoms with E-state index in [1.807, 2.05) is 0 Å². The maximum atomic E-state index is 11.1. The van der Waals surface area contributed by atoms with Crippen LogP contribution in [0, 0.1) is 0 Å². The van der Waals surface area contributed by atoms with Gasteiger partial charge in [-0.3, -0.25) is 4.79 Å². The third-order valence-corrected chi connectivity index (χ3v) is 5.15. The second-order valence-electron chi connectivity index (χ2n) is 6.03. The van der Waals surface area contributed by atoms with Crippen molar-refractivity contribution in [3.8, 4) is 0 Å². The monoisotopic (exact) mass is 454 g/mol. The fraction of sp³-hybridized carbons (Fsp3) is 0.500. The molecule has 1 aliphatic heterocycles. The van der Waals surface area contributed by atoms with Gasteiger partial charge in [0.25, 0.3) is 0 Å². The lowest BCUT2D eigenvalue weighted by Gasteiger charge is -2.14. The SMILES string of the molecule is CCC=CCC=CCC=CCC=CCC=CCC(I)[C@@H]1CCC(=O)O1. The average molecular weight is 454 g/mol. The quantitative estimate of drug-likeness (QED) is 0.143. The van der Waals surface area contributed by atoms with Gasteiger partial charge in [0.2, 0.25) is 0 Å². The maximum absolute atomic E-state index is 11.1. The van der Waals surface area contributed by atoms with E-state index in [1.165, 1.54) is 0 Å². The summed E-state index contributed by atoms with van der Waals surface area (Å²) in [6, 6.07) is 0. The number of allylic oxidation sites excluding steroid dienone is 10. The molecule has 0 aromatic rings. The van der Waals surface area contributed by atoms with Gasteiger partial charge in [0.1, 0.15) is 6.10 Å². The Kier molecular flexibility index (Phi) is 13.3. The Morgan fingerprint density at radius 1 is 0.920 bits per heavy atom. The molecule has 2 nitrogen and oxygen atoms in total. The molecule has 0 spiro atoms. The van der Waals surface area contributed by atoms with Crippen molar-refractivity contribution in [2.75, 3.05) is 0 Å². The lowest BCUT2D eigenvalue weighted by atomic mass is 10.1. The van der Waals surface area contributed by atoms with Crippen molar-refractivity contribution in [1.29, 1.82) is 0 Å². The molecule has 0 radical (unpaired) electrons. The fourth-order valence-electron chi connectivity index (χ4n) is 2.43. The number of cyclic esters (lactones) is 1. The highest BCUT2D eigenvalue weighted by atomic mass is 127. The van der Waals surface area contributed by atoms with Gasteiger partial charge in [-0.25, -0.2) is 0 Å². The molecule has 1 aliphatic rings. The molecule has 1 heterocycles. The average Bonchev–Trinajstić information content (AvgIpc) is 3.04. The van der Waals surface area contributed by atoms with Crippen LogP contribution in [0.25, 0.3) is 0 Å². The Hall–Kier alpha value is -1.10. The summed E-state index contributed by atoms with van der Waals surface area (Å²) < 4.78 is 5.67. The molecule has 0 amide bonds. The summed E-state index contributed by atoms with van der Waals surface area (Å²) in [5, 5.41) is 0. The van der Waals surface area contributed by atoms with E-state index in [2.05, 4.69) is 90.3 Å². The molecule has 25 heavy (non-hydrogen) atoms. The van der Waals surface area contributed by atoms with Crippen LogP contribution in [0.15, 0.2) is 60.8 Å². The van der Waals surface area contributed by atoms with Crippen LogP contribution >= 0.6 is 22.6 Å². The first-order chi connectivity index (χ1) is 12.2. The first kappa shape index (κ1) is 21.9. The molecule has 1 rings (SSSR count). The van der Waals surface area contributed by atoms with Gasteiger partial charge in [0, 0.05) is 6.42 Å². The first-order valence-electron chi connectivity index (χ1n) is 9.32. The zero-order valence-electron chi connectivity index (χ0n) is 15.3. The van der Waals surface area contributed by atoms with Crippen LogP contribution in [0.5, 0.6) is 0 Å². The Morgan fingerprint density at radius 2 is 1.40 bits per heavy atom. The van der Waals surface area contributed by atoms with Crippen molar-refractivity contribution in [3.05, 3.63) is 60.8 Å². The molecule has 1 unspecified atom stereocenters. The summed E-state index contributed by atoms with van der Waals surface area (Å²) in [5.41, 5.74) is 0. The molecular weight excluding hydrogens is 423 g/mol. The largest absolute Gasteiger partial charge is 0.461 e. The molecule has 3 heteroatoms. The predicted molar refractivity (Wildman–Crippen MR) is 116 cm³/mol. The van der Waals surface area contributed by atoms with E-state index in [0.29, 0.717) is 10.3 Å². The summed E-state index contributed by atoms with van der Waals surface area (Å²) in [5.74, 6) is -0.0459. The Morgan fingerprint density at radius 3 is 1.84 bits per heavy atom. The number of carbonyl (C=O) groups excluding carboxylic acids is 1. The van der Waals surface area contributed by atoms with Gasteiger partial charge in [-0.1, -0.05) is 90.3 Å². The van der Waals surface area contributed by atoms with Crippen molar-refractivity contribution in [2.24, 2.45) is 0 Å². The van der Waals surface area contributed by atoms with Crippen molar-refractivity contribution in [3.63, 3.8) is 0 Å². The molecule has 138 valence electrons. The van der Waals surface area contributed by atoms with E-state index in [0.717, 1.165) is 44.9 Å². The molecule has 0 aromatic carbocycles. The Balaban J connectivity index is 2.01. The second-order valence-corrected chi connectivity index (χ2v) is 7.63. The minimum absolute atomic E-state index is 0.0459. The zero-order valence-corrected chi connectivity index (χ0v) is 17.4.